The lowest BCUT2D eigenvalue weighted by Gasteiger charge is -2.16. The lowest BCUT2D eigenvalue weighted by atomic mass is 10.2. The monoisotopic (exact) mass is 366 g/mol. The largest absolute Gasteiger partial charge is 0.459 e. The number of benzene rings is 1. The van der Waals surface area contributed by atoms with Crippen molar-refractivity contribution in [2.45, 2.75) is 19.9 Å². The summed E-state index contributed by atoms with van der Waals surface area (Å²) >= 11 is 0. The Labute approximate surface area is 156 Å². The van der Waals surface area contributed by atoms with E-state index in [1.165, 1.54) is 0 Å². The summed E-state index contributed by atoms with van der Waals surface area (Å²) in [7, 11) is 0. The van der Waals surface area contributed by atoms with E-state index in [9.17, 15) is 4.79 Å². The number of hydrogen-bond donors (Lipinski definition) is 2. The summed E-state index contributed by atoms with van der Waals surface area (Å²) in [5.74, 6) is 1.15. The standard InChI is InChI=1S/C19H19N5O3/c1-2-8-24(12-17(25)21-15-6-3-5-14(10-15)11-20)13-18-22-23-19(27-18)16-7-4-9-26-16/h3-7,9-10H,2,8,12-13H2,1H3,(H,21,25)/p+1. The van der Waals surface area contributed by atoms with Crippen molar-refractivity contribution < 1.29 is 18.5 Å². The van der Waals surface area contributed by atoms with Crippen LogP contribution in [0.3, 0.4) is 0 Å². The first-order chi connectivity index (χ1) is 13.2. The second-order valence-electron chi connectivity index (χ2n) is 6.07. The minimum Gasteiger partial charge on any atom is -0.459 e. The Morgan fingerprint density at radius 3 is 2.93 bits per heavy atom. The number of aromatic nitrogens is 2. The Morgan fingerprint density at radius 2 is 2.19 bits per heavy atom. The van der Waals surface area contributed by atoms with Gasteiger partial charge >= 0.3 is 0 Å². The molecule has 1 amide bonds. The van der Waals surface area contributed by atoms with Crippen molar-refractivity contribution in [2.75, 3.05) is 18.4 Å². The van der Waals surface area contributed by atoms with Crippen molar-refractivity contribution in [3.63, 3.8) is 0 Å². The molecule has 8 nitrogen and oxygen atoms in total. The first-order valence-corrected chi connectivity index (χ1v) is 8.67. The van der Waals surface area contributed by atoms with Crippen LogP contribution in [0.1, 0.15) is 24.8 Å². The van der Waals surface area contributed by atoms with Gasteiger partial charge in [0.15, 0.2) is 18.8 Å². The SMILES string of the molecule is CCC[NH+](CC(=O)Nc1cccc(C#N)c1)Cc1nnc(-c2ccco2)o1. The van der Waals surface area contributed by atoms with Gasteiger partial charge in [-0.25, -0.2) is 0 Å². The highest BCUT2D eigenvalue weighted by molar-refractivity contribution is 5.91. The van der Waals surface area contributed by atoms with E-state index in [1.807, 2.05) is 0 Å². The number of nitrogens with one attached hydrogen (secondary N) is 2. The van der Waals surface area contributed by atoms with Crippen LogP contribution in [0.2, 0.25) is 0 Å². The van der Waals surface area contributed by atoms with Gasteiger partial charge in [0.05, 0.1) is 24.4 Å². The third-order valence-corrected chi connectivity index (χ3v) is 3.89. The highest BCUT2D eigenvalue weighted by Gasteiger charge is 2.19. The fourth-order valence-electron chi connectivity index (χ4n) is 2.73. The summed E-state index contributed by atoms with van der Waals surface area (Å²) < 4.78 is 10.9. The second kappa shape index (κ2) is 8.78. The molecule has 1 aromatic carbocycles. The van der Waals surface area contributed by atoms with E-state index in [0.717, 1.165) is 17.9 Å². The zero-order valence-electron chi connectivity index (χ0n) is 14.9. The van der Waals surface area contributed by atoms with E-state index in [-0.39, 0.29) is 12.5 Å². The van der Waals surface area contributed by atoms with Gasteiger partial charge in [0.2, 0.25) is 0 Å². The molecule has 3 rings (SSSR count). The summed E-state index contributed by atoms with van der Waals surface area (Å²) in [6, 6.07) is 12.4. The molecule has 1 atom stereocenters. The molecule has 0 bridgehead atoms. The molecule has 0 fully saturated rings. The Morgan fingerprint density at radius 1 is 1.30 bits per heavy atom. The van der Waals surface area contributed by atoms with Crippen LogP contribution in [0.15, 0.2) is 51.5 Å². The fraction of sp³-hybridized carbons (Fsp3) is 0.263. The van der Waals surface area contributed by atoms with Crippen LogP contribution >= 0.6 is 0 Å². The predicted molar refractivity (Wildman–Crippen MR) is 96.5 cm³/mol. The van der Waals surface area contributed by atoms with Gasteiger partial charge in [-0.2, -0.15) is 5.26 Å². The first-order valence-electron chi connectivity index (χ1n) is 8.67. The van der Waals surface area contributed by atoms with Gasteiger partial charge in [0, 0.05) is 5.69 Å². The molecule has 27 heavy (non-hydrogen) atoms. The molecule has 2 N–H and O–H groups in total. The number of quaternary nitrogens is 1. The van der Waals surface area contributed by atoms with Gasteiger partial charge in [-0.15, -0.1) is 10.2 Å². The lowest BCUT2D eigenvalue weighted by molar-refractivity contribution is -0.907. The maximum absolute atomic E-state index is 12.4. The Balaban J connectivity index is 1.61. The van der Waals surface area contributed by atoms with Gasteiger partial charge in [-0.3, -0.25) is 4.79 Å². The molecule has 0 aliphatic carbocycles. The minimum absolute atomic E-state index is 0.140. The van der Waals surface area contributed by atoms with Gasteiger partial charge in [0.25, 0.3) is 17.7 Å². The Bertz CT molecular complexity index is 927. The molecule has 2 heterocycles. The zero-order valence-corrected chi connectivity index (χ0v) is 14.9. The van der Waals surface area contributed by atoms with Gasteiger partial charge in [-0.05, 0) is 36.8 Å². The molecule has 8 heteroatoms. The number of carbonyl (C=O) groups excluding carboxylic acids is 1. The fourth-order valence-corrected chi connectivity index (χ4v) is 2.73. The van der Waals surface area contributed by atoms with E-state index in [4.69, 9.17) is 14.1 Å². The van der Waals surface area contributed by atoms with E-state index in [1.54, 1.807) is 42.7 Å². The molecule has 0 aliphatic heterocycles. The molecular formula is C19H20N5O3+. The molecule has 0 aliphatic rings. The van der Waals surface area contributed by atoms with Crippen LogP contribution in [-0.2, 0) is 11.3 Å². The number of carbonyl (C=O) groups is 1. The zero-order chi connectivity index (χ0) is 19.1. The maximum atomic E-state index is 12.4. The van der Waals surface area contributed by atoms with Crippen molar-refractivity contribution in [1.29, 1.82) is 5.26 Å². The van der Waals surface area contributed by atoms with Crippen molar-refractivity contribution in [2.24, 2.45) is 0 Å². The van der Waals surface area contributed by atoms with Crippen molar-refractivity contribution in [1.82, 2.24) is 10.2 Å². The third kappa shape index (κ3) is 5.03. The van der Waals surface area contributed by atoms with E-state index < -0.39 is 0 Å². The predicted octanol–water partition coefficient (Wildman–Crippen LogP) is 1.63. The summed E-state index contributed by atoms with van der Waals surface area (Å²) in [6.45, 7) is 3.52. The average Bonchev–Trinajstić information content (AvgIpc) is 3.33. The van der Waals surface area contributed by atoms with Crippen LogP contribution in [0.4, 0.5) is 5.69 Å². The van der Waals surface area contributed by atoms with Crippen molar-refractivity contribution in [3.05, 3.63) is 54.1 Å². The summed E-state index contributed by atoms with van der Waals surface area (Å²) in [6.07, 6.45) is 2.45. The van der Waals surface area contributed by atoms with Crippen molar-refractivity contribution >= 4 is 11.6 Å². The maximum Gasteiger partial charge on any atom is 0.283 e. The summed E-state index contributed by atoms with van der Waals surface area (Å²) in [4.78, 5) is 13.4. The highest BCUT2D eigenvalue weighted by atomic mass is 16.4. The smallest absolute Gasteiger partial charge is 0.283 e. The minimum atomic E-state index is -0.140. The Hall–Kier alpha value is -3.44. The van der Waals surface area contributed by atoms with Gasteiger partial charge < -0.3 is 19.1 Å². The quantitative estimate of drug-likeness (QED) is 0.627. The molecule has 3 aromatic rings. The number of anilines is 1. The second-order valence-corrected chi connectivity index (χ2v) is 6.07. The Kier molecular flexibility index (Phi) is 5.97. The highest BCUT2D eigenvalue weighted by Crippen LogP contribution is 2.17. The summed E-state index contributed by atoms with van der Waals surface area (Å²) in [5, 5.41) is 19.8. The number of hydrogen-bond acceptors (Lipinski definition) is 6. The van der Waals surface area contributed by atoms with E-state index in [2.05, 4.69) is 28.5 Å². The van der Waals surface area contributed by atoms with Crippen LogP contribution < -0.4 is 10.2 Å². The van der Waals surface area contributed by atoms with Crippen LogP contribution in [-0.4, -0.2) is 29.2 Å². The van der Waals surface area contributed by atoms with Gasteiger partial charge in [-0.1, -0.05) is 13.0 Å². The van der Waals surface area contributed by atoms with Crippen LogP contribution in [0.25, 0.3) is 11.7 Å². The molecule has 0 saturated heterocycles. The van der Waals surface area contributed by atoms with E-state index >= 15 is 0 Å². The number of furan rings is 1. The first kappa shape index (κ1) is 18.4. The normalized spacial score (nSPS) is 11.7. The average molecular weight is 366 g/mol. The molecule has 0 radical (unpaired) electrons. The number of rotatable bonds is 8. The topological polar surface area (TPSA) is 109 Å². The third-order valence-electron chi connectivity index (χ3n) is 3.89. The molecule has 138 valence electrons. The lowest BCUT2D eigenvalue weighted by Crippen LogP contribution is -3.11. The molecular weight excluding hydrogens is 346 g/mol. The molecule has 0 saturated carbocycles. The molecule has 2 aromatic heterocycles. The van der Waals surface area contributed by atoms with Crippen LogP contribution in [0.5, 0.6) is 0 Å². The van der Waals surface area contributed by atoms with Gasteiger partial charge in [0.1, 0.15) is 0 Å². The number of amides is 1. The number of nitriles is 1. The van der Waals surface area contributed by atoms with Crippen molar-refractivity contribution in [3.8, 4) is 17.7 Å². The van der Waals surface area contributed by atoms with E-state index in [0.29, 0.717) is 35.3 Å². The van der Waals surface area contributed by atoms with Crippen LogP contribution in [0, 0.1) is 11.3 Å². The molecule has 1 unspecified atom stereocenters. The summed E-state index contributed by atoms with van der Waals surface area (Å²) in [5.41, 5.74) is 1.11. The molecule has 0 spiro atoms. The number of nitrogens with zero attached hydrogens (tertiary/aromatic N) is 3.